The summed E-state index contributed by atoms with van der Waals surface area (Å²) >= 11 is 0. The molecule has 0 fully saturated rings. The average molecular weight is 552 g/mol. The molecule has 3 aromatic rings. The molecule has 0 spiro atoms. The lowest BCUT2D eigenvalue weighted by Crippen LogP contribution is -2.40. The predicted molar refractivity (Wildman–Crippen MR) is 148 cm³/mol. The standard InChI is InChI=1S/C30H33NO7S/c1-30(2,3)37-27(32)17-25(19-13-15-20(16-14-19)38-39(4,34)35)28(31)29(33)36-18-26-23-11-7-5-9-21(23)22-10-6-8-12-24(22)26/h5-16,25-26,28H,17-18,31H2,1-4H3. The predicted octanol–water partition coefficient (Wildman–Crippen LogP) is 4.52. The van der Waals surface area contributed by atoms with Crippen molar-refractivity contribution in [3.8, 4) is 16.9 Å². The highest BCUT2D eigenvalue weighted by molar-refractivity contribution is 7.86. The summed E-state index contributed by atoms with van der Waals surface area (Å²) in [5, 5.41) is 0. The van der Waals surface area contributed by atoms with Gasteiger partial charge in [-0.25, -0.2) is 0 Å². The lowest BCUT2D eigenvalue weighted by molar-refractivity contribution is -0.155. The van der Waals surface area contributed by atoms with E-state index in [1.54, 1.807) is 32.9 Å². The summed E-state index contributed by atoms with van der Waals surface area (Å²) in [6.45, 7) is 5.36. The number of carbonyl (C=O) groups excluding carboxylic acids is 2. The molecule has 2 atom stereocenters. The number of rotatable bonds is 9. The summed E-state index contributed by atoms with van der Waals surface area (Å²) in [6, 6.07) is 20.9. The van der Waals surface area contributed by atoms with Crippen LogP contribution in [0.3, 0.4) is 0 Å². The average Bonchev–Trinajstić information content (AvgIpc) is 3.18. The molecule has 0 saturated heterocycles. The number of esters is 2. The zero-order valence-electron chi connectivity index (χ0n) is 22.4. The third-order valence-electron chi connectivity index (χ3n) is 6.42. The van der Waals surface area contributed by atoms with Crippen molar-refractivity contribution in [3.05, 3.63) is 89.5 Å². The quantitative estimate of drug-likeness (QED) is 0.304. The van der Waals surface area contributed by atoms with Gasteiger partial charge in [0.2, 0.25) is 0 Å². The van der Waals surface area contributed by atoms with Crippen molar-refractivity contribution < 1.29 is 31.7 Å². The first-order valence-electron chi connectivity index (χ1n) is 12.6. The van der Waals surface area contributed by atoms with Gasteiger partial charge in [0.05, 0.1) is 12.7 Å². The molecule has 0 saturated carbocycles. The highest BCUT2D eigenvalue weighted by Gasteiger charge is 2.34. The summed E-state index contributed by atoms with van der Waals surface area (Å²) in [5.41, 5.74) is 10.6. The van der Waals surface area contributed by atoms with Gasteiger partial charge in [0, 0.05) is 11.8 Å². The van der Waals surface area contributed by atoms with Gasteiger partial charge in [0.1, 0.15) is 24.0 Å². The Labute approximate surface area is 229 Å². The molecule has 0 bridgehead atoms. The molecule has 3 aromatic carbocycles. The Bertz CT molecular complexity index is 1410. The molecule has 0 amide bonds. The van der Waals surface area contributed by atoms with E-state index in [-0.39, 0.29) is 24.7 Å². The molecule has 1 aliphatic carbocycles. The van der Waals surface area contributed by atoms with E-state index in [2.05, 4.69) is 12.1 Å². The van der Waals surface area contributed by atoms with E-state index in [9.17, 15) is 18.0 Å². The van der Waals surface area contributed by atoms with Crippen LogP contribution in [0.15, 0.2) is 72.8 Å². The fraction of sp³-hybridized carbons (Fsp3) is 0.333. The van der Waals surface area contributed by atoms with E-state index in [0.717, 1.165) is 28.5 Å². The molecule has 0 aromatic heterocycles. The minimum atomic E-state index is -3.71. The van der Waals surface area contributed by atoms with E-state index in [0.29, 0.717) is 5.56 Å². The van der Waals surface area contributed by atoms with Crippen LogP contribution in [-0.4, -0.2) is 44.9 Å². The van der Waals surface area contributed by atoms with Gasteiger partial charge in [-0.3, -0.25) is 9.59 Å². The maximum Gasteiger partial charge on any atom is 0.323 e. The Morgan fingerprint density at radius 3 is 1.95 bits per heavy atom. The second-order valence-electron chi connectivity index (χ2n) is 10.6. The molecule has 2 unspecified atom stereocenters. The first-order chi connectivity index (χ1) is 18.3. The van der Waals surface area contributed by atoms with Gasteiger partial charge in [0.25, 0.3) is 0 Å². The van der Waals surface area contributed by atoms with Crippen LogP contribution >= 0.6 is 0 Å². The normalized spacial score (nSPS) is 14.6. The topological polar surface area (TPSA) is 122 Å². The number of hydrogen-bond donors (Lipinski definition) is 1. The molecule has 2 N–H and O–H groups in total. The fourth-order valence-electron chi connectivity index (χ4n) is 4.83. The molecule has 0 radical (unpaired) electrons. The van der Waals surface area contributed by atoms with Gasteiger partial charge >= 0.3 is 22.1 Å². The van der Waals surface area contributed by atoms with Crippen LogP contribution < -0.4 is 9.92 Å². The van der Waals surface area contributed by atoms with Gasteiger partial charge in [-0.2, -0.15) is 8.42 Å². The Kier molecular flexibility index (Phi) is 8.13. The lowest BCUT2D eigenvalue weighted by atomic mass is 9.88. The summed E-state index contributed by atoms with van der Waals surface area (Å²) in [5.74, 6) is -1.98. The number of carbonyl (C=O) groups is 2. The highest BCUT2D eigenvalue weighted by atomic mass is 32.2. The van der Waals surface area contributed by atoms with E-state index in [1.165, 1.54) is 12.1 Å². The van der Waals surface area contributed by atoms with Crippen molar-refractivity contribution in [1.82, 2.24) is 0 Å². The summed E-state index contributed by atoms with van der Waals surface area (Å²) in [6.07, 6.45) is 0.772. The van der Waals surface area contributed by atoms with Crippen molar-refractivity contribution in [3.63, 3.8) is 0 Å². The number of hydrogen-bond acceptors (Lipinski definition) is 8. The minimum Gasteiger partial charge on any atom is -0.464 e. The van der Waals surface area contributed by atoms with E-state index in [4.69, 9.17) is 19.4 Å². The highest BCUT2D eigenvalue weighted by Crippen LogP contribution is 2.44. The molecule has 9 heteroatoms. The van der Waals surface area contributed by atoms with Crippen molar-refractivity contribution in [2.45, 2.75) is 50.7 Å². The zero-order valence-corrected chi connectivity index (χ0v) is 23.2. The van der Waals surface area contributed by atoms with Gasteiger partial charge in [-0.05, 0) is 60.7 Å². The molecular weight excluding hydrogens is 518 g/mol. The summed E-state index contributed by atoms with van der Waals surface area (Å²) < 4.78 is 39.1. The van der Waals surface area contributed by atoms with Crippen LogP contribution in [0, 0.1) is 0 Å². The van der Waals surface area contributed by atoms with Gasteiger partial charge in [0.15, 0.2) is 0 Å². The molecule has 0 heterocycles. The Hall–Kier alpha value is -3.69. The SMILES string of the molecule is CC(C)(C)OC(=O)CC(c1ccc(OS(C)(=O)=O)cc1)C(N)C(=O)OCC1c2ccccc2-c2ccccc21. The second-order valence-corrected chi connectivity index (χ2v) is 12.2. The third kappa shape index (κ3) is 7.04. The van der Waals surface area contributed by atoms with Crippen molar-refractivity contribution in [2.75, 3.05) is 12.9 Å². The maximum atomic E-state index is 13.3. The number of benzene rings is 3. The third-order valence-corrected chi connectivity index (χ3v) is 6.92. The van der Waals surface area contributed by atoms with Crippen molar-refractivity contribution in [2.24, 2.45) is 5.73 Å². The minimum absolute atomic E-state index is 0.0981. The molecule has 206 valence electrons. The van der Waals surface area contributed by atoms with Crippen LogP contribution in [0.5, 0.6) is 5.75 Å². The number of fused-ring (bicyclic) bond motifs is 3. The first kappa shape index (κ1) is 28.3. The fourth-order valence-corrected chi connectivity index (χ4v) is 5.29. The molecule has 8 nitrogen and oxygen atoms in total. The van der Waals surface area contributed by atoms with Crippen LogP contribution in [0.25, 0.3) is 11.1 Å². The van der Waals surface area contributed by atoms with Gasteiger partial charge in [-0.1, -0.05) is 60.7 Å². The van der Waals surface area contributed by atoms with Crippen molar-refractivity contribution in [1.29, 1.82) is 0 Å². The molecular formula is C30H33NO7S. The smallest absolute Gasteiger partial charge is 0.323 e. The molecule has 39 heavy (non-hydrogen) atoms. The Morgan fingerprint density at radius 1 is 0.897 bits per heavy atom. The van der Waals surface area contributed by atoms with Gasteiger partial charge < -0.3 is 19.4 Å². The summed E-state index contributed by atoms with van der Waals surface area (Å²) in [7, 11) is -3.71. The van der Waals surface area contributed by atoms with E-state index < -0.39 is 39.6 Å². The monoisotopic (exact) mass is 551 g/mol. The van der Waals surface area contributed by atoms with Crippen LogP contribution in [-0.2, 0) is 29.2 Å². The van der Waals surface area contributed by atoms with Crippen LogP contribution in [0.2, 0.25) is 0 Å². The zero-order chi connectivity index (χ0) is 28.4. The molecule has 4 rings (SSSR count). The first-order valence-corrected chi connectivity index (χ1v) is 14.5. The van der Waals surface area contributed by atoms with E-state index in [1.807, 2.05) is 36.4 Å². The van der Waals surface area contributed by atoms with Crippen LogP contribution in [0.4, 0.5) is 0 Å². The summed E-state index contributed by atoms with van der Waals surface area (Å²) in [4.78, 5) is 26.0. The van der Waals surface area contributed by atoms with Gasteiger partial charge in [-0.15, -0.1) is 0 Å². The Morgan fingerprint density at radius 2 is 1.44 bits per heavy atom. The number of nitrogens with two attached hydrogens (primary N) is 1. The maximum absolute atomic E-state index is 13.3. The number of ether oxygens (including phenoxy) is 2. The lowest BCUT2D eigenvalue weighted by Gasteiger charge is -2.26. The van der Waals surface area contributed by atoms with Crippen molar-refractivity contribution >= 4 is 22.1 Å². The van der Waals surface area contributed by atoms with E-state index >= 15 is 0 Å². The Balaban J connectivity index is 1.54. The molecule has 1 aliphatic rings. The van der Waals surface area contributed by atoms with Crippen LogP contribution in [0.1, 0.15) is 55.7 Å². The molecule has 0 aliphatic heterocycles. The largest absolute Gasteiger partial charge is 0.464 e. The second kappa shape index (κ2) is 11.2.